The Bertz CT molecular complexity index is 371. The smallest absolute Gasteiger partial charge is 0.0771 e. The molecule has 1 unspecified atom stereocenters. The van der Waals surface area contributed by atoms with Crippen molar-refractivity contribution < 1.29 is 5.11 Å². The summed E-state index contributed by atoms with van der Waals surface area (Å²) in [6, 6.07) is 8.34. The minimum atomic E-state index is -0.464. The van der Waals surface area contributed by atoms with Crippen molar-refractivity contribution in [3.8, 4) is 0 Å². The molecule has 1 aliphatic rings. The van der Waals surface area contributed by atoms with Crippen molar-refractivity contribution in [2.45, 2.75) is 50.7 Å². The molecule has 1 atom stereocenters. The molecule has 0 amide bonds. The van der Waals surface area contributed by atoms with E-state index in [4.69, 9.17) is 11.6 Å². The highest BCUT2D eigenvalue weighted by Crippen LogP contribution is 2.28. The van der Waals surface area contributed by atoms with E-state index in [9.17, 15) is 5.11 Å². The molecule has 0 aromatic heterocycles. The number of halogens is 1. The molecule has 0 bridgehead atoms. The molecule has 18 heavy (non-hydrogen) atoms. The molecule has 0 aliphatic heterocycles. The summed E-state index contributed by atoms with van der Waals surface area (Å²) in [6.45, 7) is 2.87. The second-order valence-electron chi connectivity index (χ2n) is 5.54. The monoisotopic (exact) mass is 267 g/mol. The molecule has 0 radical (unpaired) electrons. The summed E-state index contributed by atoms with van der Waals surface area (Å²) >= 11 is 5.87. The summed E-state index contributed by atoms with van der Waals surface area (Å²) in [5.74, 6) is 0. The molecule has 2 rings (SSSR count). The molecule has 1 aliphatic carbocycles. The first-order chi connectivity index (χ1) is 8.57. The molecule has 1 aromatic carbocycles. The Morgan fingerprint density at radius 1 is 1.28 bits per heavy atom. The first kappa shape index (κ1) is 13.9. The van der Waals surface area contributed by atoms with E-state index in [1.54, 1.807) is 0 Å². The third kappa shape index (κ3) is 3.98. The Morgan fingerprint density at radius 3 is 2.50 bits per heavy atom. The molecule has 1 aromatic rings. The van der Waals surface area contributed by atoms with Crippen LogP contribution >= 0.6 is 11.6 Å². The lowest BCUT2D eigenvalue weighted by atomic mass is 10.0. The van der Waals surface area contributed by atoms with Gasteiger partial charge in [0.15, 0.2) is 0 Å². The van der Waals surface area contributed by atoms with Gasteiger partial charge in [0.2, 0.25) is 0 Å². The van der Waals surface area contributed by atoms with Crippen LogP contribution < -0.4 is 5.32 Å². The van der Waals surface area contributed by atoms with Crippen LogP contribution in [-0.2, 0) is 6.42 Å². The largest absolute Gasteiger partial charge is 0.389 e. The average molecular weight is 268 g/mol. The number of aliphatic hydroxyl groups is 1. The van der Waals surface area contributed by atoms with Crippen LogP contribution in [0.4, 0.5) is 0 Å². The summed E-state index contributed by atoms with van der Waals surface area (Å²) in [7, 11) is 0. The molecular weight excluding hydrogens is 246 g/mol. The maximum atomic E-state index is 10.3. The Morgan fingerprint density at radius 2 is 1.89 bits per heavy atom. The third-order valence-corrected chi connectivity index (χ3v) is 4.02. The van der Waals surface area contributed by atoms with Gasteiger partial charge in [-0.2, -0.15) is 0 Å². The Kier molecular flexibility index (Phi) is 4.66. The van der Waals surface area contributed by atoms with Crippen LogP contribution in [-0.4, -0.2) is 23.3 Å². The van der Waals surface area contributed by atoms with Gasteiger partial charge in [0.05, 0.1) is 5.60 Å². The molecular formula is C15H22ClNO. The van der Waals surface area contributed by atoms with E-state index in [0.29, 0.717) is 12.6 Å². The average Bonchev–Trinajstić information content (AvgIpc) is 2.78. The van der Waals surface area contributed by atoms with E-state index in [0.717, 1.165) is 37.1 Å². The van der Waals surface area contributed by atoms with Gasteiger partial charge < -0.3 is 10.4 Å². The molecule has 0 saturated heterocycles. The molecule has 3 heteroatoms. The highest BCUT2D eigenvalue weighted by atomic mass is 35.5. The first-order valence-electron chi connectivity index (χ1n) is 6.78. The highest BCUT2D eigenvalue weighted by Gasteiger charge is 2.30. The summed E-state index contributed by atoms with van der Waals surface area (Å²) < 4.78 is 0. The molecule has 0 heterocycles. The van der Waals surface area contributed by atoms with Crippen molar-refractivity contribution in [3.63, 3.8) is 0 Å². The van der Waals surface area contributed by atoms with Gasteiger partial charge >= 0.3 is 0 Å². The lowest BCUT2D eigenvalue weighted by Crippen LogP contribution is -2.42. The van der Waals surface area contributed by atoms with Gasteiger partial charge in [-0.15, -0.1) is 0 Å². The third-order valence-electron chi connectivity index (χ3n) is 3.77. The van der Waals surface area contributed by atoms with Gasteiger partial charge in [0, 0.05) is 17.6 Å². The minimum absolute atomic E-state index is 0.371. The predicted octanol–water partition coefficient (Wildman–Crippen LogP) is 3.17. The van der Waals surface area contributed by atoms with Crippen LogP contribution in [0.1, 0.15) is 38.2 Å². The number of benzene rings is 1. The fourth-order valence-electron chi connectivity index (χ4n) is 2.62. The summed E-state index contributed by atoms with van der Waals surface area (Å²) in [4.78, 5) is 0. The Labute approximate surface area is 114 Å². The van der Waals surface area contributed by atoms with E-state index in [1.165, 1.54) is 5.56 Å². The lowest BCUT2D eigenvalue weighted by Gasteiger charge is -2.25. The zero-order chi connectivity index (χ0) is 13.0. The van der Waals surface area contributed by atoms with Crippen LogP contribution in [0.2, 0.25) is 5.02 Å². The normalized spacial score (nSPS) is 19.9. The lowest BCUT2D eigenvalue weighted by molar-refractivity contribution is 0.0454. The predicted molar refractivity (Wildman–Crippen MR) is 76.0 cm³/mol. The van der Waals surface area contributed by atoms with E-state index >= 15 is 0 Å². The fourth-order valence-corrected chi connectivity index (χ4v) is 2.75. The van der Waals surface area contributed by atoms with Gasteiger partial charge in [0.25, 0.3) is 0 Å². The van der Waals surface area contributed by atoms with Crippen LogP contribution in [0.15, 0.2) is 24.3 Å². The van der Waals surface area contributed by atoms with Crippen LogP contribution in [0.25, 0.3) is 0 Å². The van der Waals surface area contributed by atoms with Gasteiger partial charge in [-0.1, -0.05) is 36.6 Å². The minimum Gasteiger partial charge on any atom is -0.389 e. The topological polar surface area (TPSA) is 32.3 Å². The van der Waals surface area contributed by atoms with Gasteiger partial charge in [-0.05, 0) is 43.9 Å². The Balaban J connectivity index is 1.78. The van der Waals surface area contributed by atoms with E-state index < -0.39 is 5.60 Å². The number of rotatable bonds is 5. The van der Waals surface area contributed by atoms with Crippen molar-refractivity contribution >= 4 is 11.6 Å². The van der Waals surface area contributed by atoms with Crippen LogP contribution in [0.3, 0.4) is 0 Å². The van der Waals surface area contributed by atoms with Crippen molar-refractivity contribution in [1.82, 2.24) is 5.32 Å². The standard InChI is InChI=1S/C15H22ClNO/c1-12(10-13-4-6-14(16)7-5-13)17-11-15(18)8-2-3-9-15/h4-7,12,17-18H,2-3,8-11H2,1H3. The zero-order valence-corrected chi connectivity index (χ0v) is 11.7. The second-order valence-corrected chi connectivity index (χ2v) is 5.98. The SMILES string of the molecule is CC(Cc1ccc(Cl)cc1)NCC1(O)CCCC1. The molecule has 2 N–H and O–H groups in total. The fraction of sp³-hybridized carbons (Fsp3) is 0.600. The van der Waals surface area contributed by atoms with Gasteiger partial charge in [0.1, 0.15) is 0 Å². The highest BCUT2D eigenvalue weighted by molar-refractivity contribution is 6.30. The van der Waals surface area contributed by atoms with Gasteiger partial charge in [-0.25, -0.2) is 0 Å². The van der Waals surface area contributed by atoms with E-state index in [1.807, 2.05) is 12.1 Å². The number of hydrogen-bond acceptors (Lipinski definition) is 2. The van der Waals surface area contributed by atoms with Crippen LogP contribution in [0.5, 0.6) is 0 Å². The maximum Gasteiger partial charge on any atom is 0.0771 e. The van der Waals surface area contributed by atoms with E-state index in [2.05, 4.69) is 24.4 Å². The molecule has 0 spiro atoms. The maximum absolute atomic E-state index is 10.3. The van der Waals surface area contributed by atoms with Crippen molar-refractivity contribution in [3.05, 3.63) is 34.9 Å². The molecule has 1 saturated carbocycles. The van der Waals surface area contributed by atoms with Crippen LogP contribution in [0, 0.1) is 0 Å². The Hall–Kier alpha value is -0.570. The number of nitrogens with one attached hydrogen (secondary N) is 1. The molecule has 1 fully saturated rings. The summed E-state index contributed by atoms with van der Waals surface area (Å²) in [5, 5.41) is 14.5. The summed E-state index contributed by atoms with van der Waals surface area (Å²) in [6.07, 6.45) is 5.15. The van der Waals surface area contributed by atoms with Crippen molar-refractivity contribution in [1.29, 1.82) is 0 Å². The van der Waals surface area contributed by atoms with Crippen molar-refractivity contribution in [2.75, 3.05) is 6.54 Å². The first-order valence-corrected chi connectivity index (χ1v) is 7.15. The van der Waals surface area contributed by atoms with Gasteiger partial charge in [-0.3, -0.25) is 0 Å². The molecule has 2 nitrogen and oxygen atoms in total. The van der Waals surface area contributed by atoms with E-state index in [-0.39, 0.29) is 0 Å². The zero-order valence-electron chi connectivity index (χ0n) is 11.0. The quantitative estimate of drug-likeness (QED) is 0.859. The summed E-state index contributed by atoms with van der Waals surface area (Å²) in [5.41, 5.74) is 0.812. The second kappa shape index (κ2) is 6.05. The van der Waals surface area contributed by atoms with Crippen molar-refractivity contribution in [2.24, 2.45) is 0 Å². The molecule has 100 valence electrons. The number of hydrogen-bond donors (Lipinski definition) is 2.